The summed E-state index contributed by atoms with van der Waals surface area (Å²) in [6.45, 7) is 4.38. The SMILES string of the molecule is COCCNC(=NCC(=O)N(C)C)NCC(c1cccs1)N1CCCC1.I. The van der Waals surface area contributed by atoms with Gasteiger partial charge < -0.3 is 20.3 Å². The van der Waals surface area contributed by atoms with E-state index in [0.29, 0.717) is 25.2 Å². The van der Waals surface area contributed by atoms with Crippen LogP contribution in [-0.2, 0) is 9.53 Å². The van der Waals surface area contributed by atoms with Crippen LogP contribution in [0.25, 0.3) is 0 Å². The molecule has 7 nitrogen and oxygen atoms in total. The van der Waals surface area contributed by atoms with Crippen molar-refractivity contribution < 1.29 is 9.53 Å². The number of nitrogens with zero attached hydrogens (tertiary/aromatic N) is 3. The fourth-order valence-corrected chi connectivity index (χ4v) is 3.73. The van der Waals surface area contributed by atoms with Crippen molar-refractivity contribution in [2.75, 3.05) is 60.5 Å². The van der Waals surface area contributed by atoms with Gasteiger partial charge in [-0.3, -0.25) is 9.69 Å². The molecule has 0 radical (unpaired) electrons. The summed E-state index contributed by atoms with van der Waals surface area (Å²) in [5.74, 6) is 0.630. The second kappa shape index (κ2) is 13.3. The Bertz CT molecular complexity index is 562. The van der Waals surface area contributed by atoms with Gasteiger partial charge in [0.2, 0.25) is 5.91 Å². The summed E-state index contributed by atoms with van der Waals surface area (Å²) in [6.07, 6.45) is 2.51. The first-order chi connectivity index (χ1) is 12.6. The fourth-order valence-electron chi connectivity index (χ4n) is 2.87. The van der Waals surface area contributed by atoms with Crippen molar-refractivity contribution in [2.45, 2.75) is 18.9 Å². The van der Waals surface area contributed by atoms with Crippen LogP contribution in [0.5, 0.6) is 0 Å². The zero-order chi connectivity index (χ0) is 18.8. The van der Waals surface area contributed by atoms with E-state index < -0.39 is 0 Å². The Labute approximate surface area is 183 Å². The third-order valence-corrected chi connectivity index (χ3v) is 5.36. The van der Waals surface area contributed by atoms with E-state index in [2.05, 4.69) is 38.0 Å². The molecule has 2 heterocycles. The molecule has 0 aromatic carbocycles. The largest absolute Gasteiger partial charge is 0.383 e. The minimum absolute atomic E-state index is 0. The average molecular weight is 509 g/mol. The third kappa shape index (κ3) is 8.32. The number of ether oxygens (including phenoxy) is 1. The smallest absolute Gasteiger partial charge is 0.243 e. The number of carbonyl (C=O) groups excluding carboxylic acids is 1. The van der Waals surface area contributed by atoms with Crippen molar-refractivity contribution >= 4 is 47.2 Å². The normalized spacial score (nSPS) is 15.9. The molecule has 1 aliphatic rings. The lowest BCUT2D eigenvalue weighted by molar-refractivity contribution is -0.127. The maximum Gasteiger partial charge on any atom is 0.243 e. The highest BCUT2D eigenvalue weighted by atomic mass is 127. The van der Waals surface area contributed by atoms with Crippen LogP contribution in [0, 0.1) is 0 Å². The van der Waals surface area contributed by atoms with Crippen molar-refractivity contribution in [3.8, 4) is 0 Å². The van der Waals surface area contributed by atoms with Crippen molar-refractivity contribution in [3.05, 3.63) is 22.4 Å². The number of amides is 1. The Morgan fingerprint density at radius 2 is 2.11 bits per heavy atom. The van der Waals surface area contributed by atoms with E-state index >= 15 is 0 Å². The fraction of sp³-hybridized carbons (Fsp3) is 0.667. The number of hydrogen-bond donors (Lipinski definition) is 2. The molecule has 1 saturated heterocycles. The number of hydrogen-bond acceptors (Lipinski definition) is 5. The second-order valence-corrected chi connectivity index (χ2v) is 7.51. The molecule has 0 spiro atoms. The van der Waals surface area contributed by atoms with Crippen LogP contribution >= 0.6 is 35.3 Å². The van der Waals surface area contributed by atoms with Gasteiger partial charge in [-0.1, -0.05) is 6.07 Å². The molecule has 27 heavy (non-hydrogen) atoms. The van der Waals surface area contributed by atoms with E-state index in [9.17, 15) is 4.79 Å². The summed E-state index contributed by atoms with van der Waals surface area (Å²) in [7, 11) is 5.15. The van der Waals surface area contributed by atoms with Crippen molar-refractivity contribution in [1.29, 1.82) is 0 Å². The lowest BCUT2D eigenvalue weighted by Crippen LogP contribution is -2.44. The highest BCUT2D eigenvalue weighted by Gasteiger charge is 2.24. The Morgan fingerprint density at radius 3 is 2.70 bits per heavy atom. The minimum atomic E-state index is -0.0211. The average Bonchev–Trinajstić information content (AvgIpc) is 3.33. The molecule has 2 N–H and O–H groups in total. The molecule has 1 aliphatic heterocycles. The molecule has 0 saturated carbocycles. The van der Waals surface area contributed by atoms with Crippen molar-refractivity contribution in [3.63, 3.8) is 0 Å². The molecule has 0 aliphatic carbocycles. The molecule has 1 aromatic rings. The number of halogens is 1. The molecule has 1 aromatic heterocycles. The van der Waals surface area contributed by atoms with Gasteiger partial charge in [0.1, 0.15) is 6.54 Å². The van der Waals surface area contributed by atoms with Gasteiger partial charge in [0, 0.05) is 39.2 Å². The molecule has 1 amide bonds. The number of methoxy groups -OCH3 is 1. The topological polar surface area (TPSA) is 69.2 Å². The summed E-state index contributed by atoms with van der Waals surface area (Å²) in [5.41, 5.74) is 0. The van der Waals surface area contributed by atoms with Crippen LogP contribution in [0.3, 0.4) is 0 Å². The van der Waals surface area contributed by atoms with Gasteiger partial charge in [0.05, 0.1) is 12.6 Å². The van der Waals surface area contributed by atoms with Crippen LogP contribution in [0.1, 0.15) is 23.8 Å². The first-order valence-electron chi connectivity index (χ1n) is 9.10. The van der Waals surface area contributed by atoms with E-state index in [0.717, 1.165) is 19.6 Å². The Balaban J connectivity index is 0.00000364. The van der Waals surface area contributed by atoms with Gasteiger partial charge in [0.15, 0.2) is 5.96 Å². The van der Waals surface area contributed by atoms with Crippen LogP contribution in [0.4, 0.5) is 0 Å². The van der Waals surface area contributed by atoms with Crippen LogP contribution < -0.4 is 10.6 Å². The standard InChI is InChI=1S/C18H31N5O2S.HI/c1-22(2)17(24)14-21-18(19-8-11-25-3)20-13-15(16-7-6-12-26-16)23-9-4-5-10-23;/h6-7,12,15H,4-5,8-11,13-14H2,1-3H3,(H2,19,20,21);1H. The summed E-state index contributed by atoms with van der Waals surface area (Å²) in [5, 5.41) is 8.78. The molecule has 1 fully saturated rings. The number of rotatable bonds is 9. The van der Waals surface area contributed by atoms with E-state index in [-0.39, 0.29) is 36.4 Å². The molecule has 154 valence electrons. The zero-order valence-electron chi connectivity index (χ0n) is 16.4. The molecular formula is C18H32IN5O2S. The van der Waals surface area contributed by atoms with Gasteiger partial charge in [-0.05, 0) is 37.4 Å². The van der Waals surface area contributed by atoms with Crippen molar-refractivity contribution in [1.82, 2.24) is 20.4 Å². The predicted octanol–water partition coefficient (Wildman–Crippen LogP) is 1.77. The zero-order valence-corrected chi connectivity index (χ0v) is 19.6. The number of thiophene rings is 1. The third-order valence-electron chi connectivity index (χ3n) is 4.39. The minimum Gasteiger partial charge on any atom is -0.383 e. The van der Waals surface area contributed by atoms with Crippen LogP contribution in [-0.4, -0.2) is 82.2 Å². The summed E-state index contributed by atoms with van der Waals surface area (Å²) in [4.78, 5) is 21.7. The molecule has 1 unspecified atom stereocenters. The number of nitrogens with one attached hydrogen (secondary N) is 2. The van der Waals surface area contributed by atoms with Gasteiger partial charge in [0.25, 0.3) is 0 Å². The van der Waals surface area contributed by atoms with Gasteiger partial charge in [-0.15, -0.1) is 35.3 Å². The molecule has 0 bridgehead atoms. The lowest BCUT2D eigenvalue weighted by Gasteiger charge is -2.27. The Kier molecular flexibility index (Phi) is 11.9. The summed E-state index contributed by atoms with van der Waals surface area (Å²) < 4.78 is 5.09. The van der Waals surface area contributed by atoms with E-state index in [1.54, 1.807) is 37.4 Å². The van der Waals surface area contributed by atoms with Gasteiger partial charge in [-0.2, -0.15) is 0 Å². The van der Waals surface area contributed by atoms with E-state index in [1.165, 1.54) is 17.7 Å². The number of carbonyl (C=O) groups is 1. The van der Waals surface area contributed by atoms with Gasteiger partial charge >= 0.3 is 0 Å². The first-order valence-corrected chi connectivity index (χ1v) is 9.98. The maximum atomic E-state index is 11.8. The van der Waals surface area contributed by atoms with E-state index in [4.69, 9.17) is 4.74 Å². The number of guanidine groups is 1. The van der Waals surface area contributed by atoms with Crippen LogP contribution in [0.15, 0.2) is 22.5 Å². The highest BCUT2D eigenvalue weighted by Crippen LogP contribution is 2.27. The summed E-state index contributed by atoms with van der Waals surface area (Å²) in [6, 6.07) is 4.63. The lowest BCUT2D eigenvalue weighted by atomic mass is 10.2. The first kappa shape index (κ1) is 24.1. The number of aliphatic imine (C=N–C) groups is 1. The maximum absolute atomic E-state index is 11.8. The molecule has 1 atom stereocenters. The predicted molar refractivity (Wildman–Crippen MR) is 122 cm³/mol. The monoisotopic (exact) mass is 509 g/mol. The highest BCUT2D eigenvalue weighted by molar-refractivity contribution is 14.0. The Hall–Kier alpha value is -0.910. The number of likely N-dealkylation sites (N-methyl/N-ethyl adjacent to an activating group) is 1. The molecule has 9 heteroatoms. The Morgan fingerprint density at radius 1 is 1.37 bits per heavy atom. The molecular weight excluding hydrogens is 477 g/mol. The van der Waals surface area contributed by atoms with Crippen LogP contribution in [0.2, 0.25) is 0 Å². The van der Waals surface area contributed by atoms with Crippen molar-refractivity contribution in [2.24, 2.45) is 4.99 Å². The number of likely N-dealkylation sites (tertiary alicyclic amines) is 1. The second-order valence-electron chi connectivity index (χ2n) is 6.53. The summed E-state index contributed by atoms with van der Waals surface area (Å²) >= 11 is 1.79. The van der Waals surface area contributed by atoms with Gasteiger partial charge in [-0.25, -0.2) is 4.99 Å². The van der Waals surface area contributed by atoms with E-state index in [1.807, 2.05) is 0 Å². The quantitative estimate of drug-likeness (QED) is 0.230. The molecule has 2 rings (SSSR count).